The lowest BCUT2D eigenvalue weighted by atomic mass is 10.1. The highest BCUT2D eigenvalue weighted by Gasteiger charge is 2.23. The van der Waals surface area contributed by atoms with E-state index in [4.69, 9.17) is 9.57 Å². The van der Waals surface area contributed by atoms with Gasteiger partial charge in [0.2, 0.25) is 0 Å². The van der Waals surface area contributed by atoms with Crippen LogP contribution >= 0.6 is 11.3 Å². The second kappa shape index (κ2) is 6.89. The number of carbonyl (C=O) groups is 1. The summed E-state index contributed by atoms with van der Waals surface area (Å²) in [7, 11) is 1.61. The van der Waals surface area contributed by atoms with Gasteiger partial charge in [0.25, 0.3) is 5.91 Å². The highest BCUT2D eigenvalue weighted by atomic mass is 32.1. The summed E-state index contributed by atoms with van der Waals surface area (Å²) in [5.41, 5.74) is 1.34. The van der Waals surface area contributed by atoms with Crippen molar-refractivity contribution in [2.45, 2.75) is 26.1 Å². The number of nitrogens with one attached hydrogen (secondary N) is 1. The minimum absolute atomic E-state index is 0.0154. The van der Waals surface area contributed by atoms with Crippen LogP contribution in [0.4, 0.5) is 0 Å². The van der Waals surface area contributed by atoms with Gasteiger partial charge >= 0.3 is 0 Å². The Morgan fingerprint density at radius 2 is 2.22 bits per heavy atom. The van der Waals surface area contributed by atoms with Gasteiger partial charge in [0.05, 0.1) is 11.5 Å². The molecule has 0 aliphatic carbocycles. The molecule has 7 heteroatoms. The predicted molar refractivity (Wildman–Crippen MR) is 88.3 cm³/mol. The molecule has 1 atom stereocenters. The van der Waals surface area contributed by atoms with Crippen LogP contribution in [0.2, 0.25) is 0 Å². The number of benzene rings is 1. The first-order valence-corrected chi connectivity index (χ1v) is 8.07. The summed E-state index contributed by atoms with van der Waals surface area (Å²) >= 11 is 1.46. The van der Waals surface area contributed by atoms with Crippen molar-refractivity contribution in [1.82, 2.24) is 10.3 Å². The monoisotopic (exact) mass is 331 g/mol. The van der Waals surface area contributed by atoms with Crippen LogP contribution in [0.15, 0.2) is 35.5 Å². The molecule has 1 amide bonds. The second-order valence-corrected chi connectivity index (χ2v) is 6.28. The molecule has 1 N–H and O–H groups in total. The Kier molecular flexibility index (Phi) is 4.68. The molecule has 0 radical (unpaired) electrons. The van der Waals surface area contributed by atoms with Crippen LogP contribution in [0.25, 0.3) is 10.4 Å². The molecule has 0 saturated heterocycles. The molecule has 0 saturated carbocycles. The van der Waals surface area contributed by atoms with E-state index in [1.807, 2.05) is 37.3 Å². The fraction of sp³-hybridized carbons (Fsp3) is 0.312. The minimum Gasteiger partial charge on any atom is -0.391 e. The Morgan fingerprint density at radius 3 is 2.87 bits per heavy atom. The maximum Gasteiger partial charge on any atom is 0.276 e. The fourth-order valence-corrected chi connectivity index (χ4v) is 3.29. The van der Waals surface area contributed by atoms with Gasteiger partial charge < -0.3 is 14.9 Å². The lowest BCUT2D eigenvalue weighted by molar-refractivity contribution is 0.0964. The molecule has 0 unspecified atom stereocenters. The molecule has 0 fully saturated rings. The maximum absolute atomic E-state index is 12.6. The fourth-order valence-electron chi connectivity index (χ4n) is 2.25. The number of oxime groups is 1. The lowest BCUT2D eigenvalue weighted by Crippen LogP contribution is -2.30. The van der Waals surface area contributed by atoms with Crippen molar-refractivity contribution in [3.05, 3.63) is 41.0 Å². The summed E-state index contributed by atoms with van der Waals surface area (Å²) in [5.74, 6) is 0.252. The van der Waals surface area contributed by atoms with Gasteiger partial charge in [0.1, 0.15) is 16.8 Å². The number of methoxy groups -OCH3 is 1. The molecule has 1 aliphatic heterocycles. The third-order valence-corrected chi connectivity index (χ3v) is 4.35. The molecule has 0 bridgehead atoms. The first-order valence-electron chi connectivity index (χ1n) is 7.25. The summed E-state index contributed by atoms with van der Waals surface area (Å²) in [6, 6.07) is 9.72. The molecule has 2 aromatic rings. The summed E-state index contributed by atoms with van der Waals surface area (Å²) in [6.45, 7) is 2.27. The maximum atomic E-state index is 12.6. The number of ether oxygens (including phenoxy) is 1. The molecule has 3 rings (SSSR count). The molecule has 6 nitrogen and oxygen atoms in total. The van der Waals surface area contributed by atoms with E-state index in [1.54, 1.807) is 7.11 Å². The molecule has 1 aromatic heterocycles. The Morgan fingerprint density at radius 1 is 1.43 bits per heavy atom. The number of hydrogen-bond acceptors (Lipinski definition) is 6. The van der Waals surface area contributed by atoms with Crippen LogP contribution in [0, 0.1) is 0 Å². The van der Waals surface area contributed by atoms with Crippen LogP contribution in [-0.4, -0.2) is 29.9 Å². The number of amidine groups is 1. The van der Waals surface area contributed by atoms with Crippen molar-refractivity contribution in [2.75, 3.05) is 7.11 Å². The van der Waals surface area contributed by atoms with Gasteiger partial charge in [-0.05, 0) is 12.5 Å². The molecular formula is C16H17N3O3S. The standard InChI is InChI=1S/C16H17N3O3S/c1-10-8-12(19-22-10)17-16(20)14-15(11-6-4-3-5-7-11)23-13(18-14)9-21-2/h3-7,10H,8-9H2,1-2H3,(H,17,19,20)/t10-/m0/s1. The average molecular weight is 331 g/mol. The van der Waals surface area contributed by atoms with Crippen molar-refractivity contribution in [2.24, 2.45) is 5.16 Å². The molecule has 23 heavy (non-hydrogen) atoms. The molecule has 120 valence electrons. The normalized spacial score (nSPS) is 16.8. The smallest absolute Gasteiger partial charge is 0.276 e. The quantitative estimate of drug-likeness (QED) is 0.935. The minimum atomic E-state index is -0.279. The van der Waals surface area contributed by atoms with Crippen LogP contribution in [0.5, 0.6) is 0 Å². The number of thiazole rings is 1. The van der Waals surface area contributed by atoms with E-state index in [2.05, 4.69) is 15.5 Å². The molecule has 2 heterocycles. The third-order valence-electron chi connectivity index (χ3n) is 3.27. The Bertz CT molecular complexity index is 727. The topological polar surface area (TPSA) is 72.8 Å². The van der Waals surface area contributed by atoms with Gasteiger partial charge in [-0.15, -0.1) is 11.3 Å². The summed E-state index contributed by atoms with van der Waals surface area (Å²) < 4.78 is 5.13. The van der Waals surface area contributed by atoms with Gasteiger partial charge in [-0.3, -0.25) is 4.79 Å². The highest BCUT2D eigenvalue weighted by molar-refractivity contribution is 7.15. The van der Waals surface area contributed by atoms with E-state index in [1.165, 1.54) is 11.3 Å². The second-order valence-electron chi connectivity index (χ2n) is 5.20. The van der Waals surface area contributed by atoms with Crippen molar-refractivity contribution in [1.29, 1.82) is 0 Å². The number of carbonyl (C=O) groups excluding carboxylic acids is 1. The Hall–Kier alpha value is -2.25. The van der Waals surface area contributed by atoms with Gasteiger partial charge in [-0.1, -0.05) is 35.5 Å². The van der Waals surface area contributed by atoms with Crippen molar-refractivity contribution >= 4 is 23.1 Å². The molecule has 0 spiro atoms. The van der Waals surface area contributed by atoms with Crippen molar-refractivity contribution < 1.29 is 14.4 Å². The van der Waals surface area contributed by atoms with Gasteiger partial charge in [-0.25, -0.2) is 4.98 Å². The zero-order chi connectivity index (χ0) is 16.2. The van der Waals surface area contributed by atoms with Crippen LogP contribution in [0.1, 0.15) is 28.8 Å². The molecule has 1 aromatic carbocycles. The molecular weight excluding hydrogens is 314 g/mol. The van der Waals surface area contributed by atoms with Crippen LogP contribution in [0.3, 0.4) is 0 Å². The van der Waals surface area contributed by atoms with Crippen molar-refractivity contribution in [3.63, 3.8) is 0 Å². The summed E-state index contributed by atoms with van der Waals surface area (Å²) in [4.78, 5) is 22.9. The summed E-state index contributed by atoms with van der Waals surface area (Å²) in [5, 5.41) is 7.40. The third kappa shape index (κ3) is 3.57. The summed E-state index contributed by atoms with van der Waals surface area (Å²) in [6.07, 6.45) is 0.569. The van der Waals surface area contributed by atoms with Crippen molar-refractivity contribution in [3.8, 4) is 10.4 Å². The van der Waals surface area contributed by atoms with E-state index in [9.17, 15) is 4.79 Å². The first-order chi connectivity index (χ1) is 11.2. The van der Waals surface area contributed by atoms with E-state index < -0.39 is 0 Å². The van der Waals surface area contributed by atoms with E-state index in [0.29, 0.717) is 24.6 Å². The van der Waals surface area contributed by atoms with Gasteiger partial charge in [0.15, 0.2) is 5.84 Å². The van der Waals surface area contributed by atoms with Gasteiger partial charge in [0, 0.05) is 13.5 Å². The van der Waals surface area contributed by atoms with Crippen LogP contribution < -0.4 is 5.32 Å². The largest absolute Gasteiger partial charge is 0.391 e. The van der Waals surface area contributed by atoms with E-state index in [0.717, 1.165) is 15.4 Å². The zero-order valence-corrected chi connectivity index (χ0v) is 13.7. The highest BCUT2D eigenvalue weighted by Crippen LogP contribution is 2.30. The van der Waals surface area contributed by atoms with E-state index >= 15 is 0 Å². The Balaban J connectivity index is 1.89. The number of nitrogens with zero attached hydrogens (tertiary/aromatic N) is 2. The Labute approximate surface area is 138 Å². The SMILES string of the molecule is COCc1nc(C(=O)NC2=NO[C@@H](C)C2)c(-c2ccccc2)s1. The first kappa shape index (κ1) is 15.6. The zero-order valence-electron chi connectivity index (χ0n) is 12.9. The number of amides is 1. The number of hydrogen-bond donors (Lipinski definition) is 1. The molecule has 1 aliphatic rings. The van der Waals surface area contributed by atoms with Gasteiger partial charge in [-0.2, -0.15) is 0 Å². The van der Waals surface area contributed by atoms with Crippen LogP contribution in [-0.2, 0) is 16.2 Å². The number of aromatic nitrogens is 1. The average Bonchev–Trinajstić information content (AvgIpc) is 3.15. The predicted octanol–water partition coefficient (Wildman–Crippen LogP) is 2.81. The van der Waals surface area contributed by atoms with E-state index in [-0.39, 0.29) is 12.0 Å². The number of rotatable bonds is 4. The lowest BCUT2D eigenvalue weighted by Gasteiger charge is -2.04.